The van der Waals surface area contributed by atoms with Gasteiger partial charge in [-0.15, -0.1) is 0 Å². The Morgan fingerprint density at radius 3 is 1.60 bits per heavy atom. The van der Waals surface area contributed by atoms with Crippen LogP contribution in [-0.2, 0) is 5.41 Å². The van der Waals surface area contributed by atoms with Crippen LogP contribution in [0.3, 0.4) is 0 Å². The van der Waals surface area contributed by atoms with Crippen LogP contribution in [0.25, 0.3) is 49.7 Å². The van der Waals surface area contributed by atoms with Crippen molar-refractivity contribution in [2.24, 2.45) is 0 Å². The van der Waals surface area contributed by atoms with Crippen molar-refractivity contribution in [1.29, 1.82) is 0 Å². The second kappa shape index (κ2) is 9.07. The summed E-state index contributed by atoms with van der Waals surface area (Å²) in [5.74, 6) is 1.80. The average Bonchev–Trinajstić information content (AvgIpc) is 3.60. The van der Waals surface area contributed by atoms with Gasteiger partial charge in [0.1, 0.15) is 11.5 Å². The number of hydrogen-bond acceptors (Lipinski definition) is 1. The van der Waals surface area contributed by atoms with Crippen molar-refractivity contribution in [3.8, 4) is 39.4 Å². The highest BCUT2D eigenvalue weighted by Gasteiger charge is 2.51. The first-order chi connectivity index (χ1) is 22.3. The SMILES string of the molecule is c1ccc(-c2ccc3c(c2)C2(c4cc(-n5c6ccccc6c6ccccc65)ccc4O3)c3ccccc3-c3ccccc32)cc1. The Morgan fingerprint density at radius 2 is 0.933 bits per heavy atom. The van der Waals surface area contributed by atoms with Crippen LogP contribution in [0.4, 0.5) is 0 Å². The minimum atomic E-state index is -0.546. The lowest BCUT2D eigenvalue weighted by molar-refractivity contribution is 0.436. The summed E-state index contributed by atoms with van der Waals surface area (Å²) in [6.07, 6.45) is 0. The van der Waals surface area contributed by atoms with Gasteiger partial charge in [0.2, 0.25) is 0 Å². The van der Waals surface area contributed by atoms with E-state index >= 15 is 0 Å². The minimum Gasteiger partial charge on any atom is -0.457 e. The van der Waals surface area contributed by atoms with Crippen LogP contribution in [-0.4, -0.2) is 4.57 Å². The molecule has 0 saturated heterocycles. The van der Waals surface area contributed by atoms with Crippen molar-refractivity contribution >= 4 is 21.8 Å². The number of hydrogen-bond donors (Lipinski definition) is 0. The third kappa shape index (κ3) is 3.23. The van der Waals surface area contributed by atoms with Gasteiger partial charge in [0, 0.05) is 27.6 Å². The van der Waals surface area contributed by atoms with Crippen molar-refractivity contribution in [2.45, 2.75) is 5.41 Å². The Bertz CT molecular complexity index is 2370. The summed E-state index contributed by atoms with van der Waals surface area (Å²) in [4.78, 5) is 0. The molecule has 2 heteroatoms. The molecule has 0 N–H and O–H groups in total. The molecule has 0 saturated carbocycles. The summed E-state index contributed by atoms with van der Waals surface area (Å²) in [6.45, 7) is 0. The molecule has 210 valence electrons. The number of rotatable bonds is 2. The maximum Gasteiger partial charge on any atom is 0.132 e. The van der Waals surface area contributed by atoms with Gasteiger partial charge in [0.15, 0.2) is 0 Å². The second-order valence-corrected chi connectivity index (χ2v) is 12.1. The third-order valence-electron chi connectivity index (χ3n) is 9.87. The van der Waals surface area contributed by atoms with E-state index in [0.717, 1.165) is 22.7 Å². The van der Waals surface area contributed by atoms with E-state index in [-0.39, 0.29) is 0 Å². The van der Waals surface area contributed by atoms with E-state index in [1.54, 1.807) is 0 Å². The van der Waals surface area contributed by atoms with Crippen LogP contribution in [0, 0.1) is 0 Å². The van der Waals surface area contributed by atoms with Crippen LogP contribution >= 0.6 is 0 Å². The molecule has 8 aromatic rings. The molecule has 0 amide bonds. The molecule has 0 radical (unpaired) electrons. The van der Waals surface area contributed by atoms with Crippen molar-refractivity contribution in [3.63, 3.8) is 0 Å². The molecule has 0 bridgehead atoms. The molecule has 0 unspecified atom stereocenters. The van der Waals surface area contributed by atoms with Gasteiger partial charge in [0.25, 0.3) is 0 Å². The summed E-state index contributed by atoms with van der Waals surface area (Å²) < 4.78 is 9.23. The van der Waals surface area contributed by atoms with E-state index in [1.807, 2.05) is 0 Å². The maximum absolute atomic E-state index is 6.82. The van der Waals surface area contributed by atoms with Gasteiger partial charge in [-0.1, -0.05) is 121 Å². The summed E-state index contributed by atoms with van der Waals surface area (Å²) in [7, 11) is 0. The molecule has 1 aliphatic carbocycles. The second-order valence-electron chi connectivity index (χ2n) is 12.1. The lowest BCUT2D eigenvalue weighted by Gasteiger charge is -2.40. The van der Waals surface area contributed by atoms with E-state index < -0.39 is 5.41 Å². The molecule has 0 atom stereocenters. The van der Waals surface area contributed by atoms with Crippen LogP contribution in [0.15, 0.2) is 164 Å². The molecule has 2 nitrogen and oxygen atoms in total. The number of benzene rings is 7. The molecule has 45 heavy (non-hydrogen) atoms. The van der Waals surface area contributed by atoms with Gasteiger partial charge in [-0.25, -0.2) is 0 Å². The number of fused-ring (bicyclic) bond motifs is 12. The van der Waals surface area contributed by atoms with Gasteiger partial charge in [0.05, 0.1) is 16.4 Å². The molecule has 1 spiro atoms. The molecule has 7 aromatic carbocycles. The Morgan fingerprint density at radius 1 is 0.400 bits per heavy atom. The van der Waals surface area contributed by atoms with Crippen LogP contribution in [0.1, 0.15) is 22.3 Å². The molecule has 2 aliphatic rings. The van der Waals surface area contributed by atoms with E-state index in [4.69, 9.17) is 4.74 Å². The first kappa shape index (κ1) is 24.6. The van der Waals surface area contributed by atoms with Crippen molar-refractivity contribution < 1.29 is 4.74 Å². The van der Waals surface area contributed by atoms with Crippen LogP contribution in [0.2, 0.25) is 0 Å². The average molecular weight is 574 g/mol. The molecule has 0 fully saturated rings. The van der Waals surface area contributed by atoms with Crippen molar-refractivity contribution in [3.05, 3.63) is 186 Å². The van der Waals surface area contributed by atoms with E-state index in [0.29, 0.717) is 0 Å². The summed E-state index contributed by atoms with van der Waals surface area (Å²) in [5.41, 5.74) is 12.8. The fourth-order valence-electron chi connectivity index (χ4n) is 8.04. The van der Waals surface area contributed by atoms with Gasteiger partial charge in [-0.3, -0.25) is 0 Å². The normalized spacial score (nSPS) is 13.7. The Kier molecular flexibility index (Phi) is 4.95. The monoisotopic (exact) mass is 573 g/mol. The van der Waals surface area contributed by atoms with Crippen molar-refractivity contribution in [2.75, 3.05) is 0 Å². The first-order valence-electron chi connectivity index (χ1n) is 15.5. The first-order valence-corrected chi connectivity index (χ1v) is 15.5. The lowest BCUT2D eigenvalue weighted by atomic mass is 9.65. The third-order valence-corrected chi connectivity index (χ3v) is 9.87. The zero-order chi connectivity index (χ0) is 29.5. The quantitative estimate of drug-likeness (QED) is 0.201. The Balaban J connectivity index is 1.33. The van der Waals surface area contributed by atoms with E-state index in [2.05, 4.69) is 168 Å². The Hall–Kier alpha value is -5.86. The molecule has 10 rings (SSSR count). The zero-order valence-corrected chi connectivity index (χ0v) is 24.4. The molecular formula is C43H27NO. The number of nitrogens with zero attached hydrogens (tertiary/aromatic N) is 1. The van der Waals surface area contributed by atoms with Gasteiger partial charge in [-0.05, 0) is 75.8 Å². The Labute approximate surface area is 261 Å². The van der Waals surface area contributed by atoms with Gasteiger partial charge >= 0.3 is 0 Å². The van der Waals surface area contributed by atoms with Crippen molar-refractivity contribution in [1.82, 2.24) is 4.57 Å². The fourth-order valence-corrected chi connectivity index (χ4v) is 8.04. The summed E-state index contributed by atoms with van der Waals surface area (Å²) >= 11 is 0. The largest absolute Gasteiger partial charge is 0.457 e. The predicted molar refractivity (Wildman–Crippen MR) is 184 cm³/mol. The molecule has 1 aliphatic heterocycles. The van der Waals surface area contributed by atoms with Gasteiger partial charge < -0.3 is 9.30 Å². The number of para-hydroxylation sites is 2. The minimum absolute atomic E-state index is 0.546. The fraction of sp³-hybridized carbons (Fsp3) is 0.0233. The maximum atomic E-state index is 6.82. The molecule has 2 heterocycles. The topological polar surface area (TPSA) is 14.2 Å². The highest BCUT2D eigenvalue weighted by atomic mass is 16.5. The highest BCUT2D eigenvalue weighted by molar-refractivity contribution is 6.09. The van der Waals surface area contributed by atoms with Crippen LogP contribution in [0.5, 0.6) is 11.5 Å². The standard InChI is InChI=1S/C43H27NO/c1-2-12-28(13-3-1)29-22-24-41-37(26-29)43(35-18-8-4-14-31(35)32-15-5-9-19-36(32)43)38-27-30(23-25-42(38)45-41)44-39-20-10-6-16-33(39)34-17-7-11-21-40(34)44/h1-27H. The van der Waals surface area contributed by atoms with E-state index in [1.165, 1.54) is 60.8 Å². The highest BCUT2D eigenvalue weighted by Crippen LogP contribution is 2.62. The smallest absolute Gasteiger partial charge is 0.132 e. The summed E-state index contributed by atoms with van der Waals surface area (Å²) in [6, 6.07) is 59.4. The zero-order valence-electron chi connectivity index (χ0n) is 24.4. The van der Waals surface area contributed by atoms with Crippen LogP contribution < -0.4 is 4.74 Å². The van der Waals surface area contributed by atoms with E-state index in [9.17, 15) is 0 Å². The molecule has 1 aromatic heterocycles. The number of aromatic nitrogens is 1. The predicted octanol–water partition coefficient (Wildman–Crippen LogP) is 10.9. The van der Waals surface area contributed by atoms with Gasteiger partial charge in [-0.2, -0.15) is 0 Å². The summed E-state index contributed by atoms with van der Waals surface area (Å²) in [5, 5.41) is 2.51. The number of ether oxygens (including phenoxy) is 1. The lowest BCUT2D eigenvalue weighted by Crippen LogP contribution is -2.32. The molecular weight excluding hydrogens is 546 g/mol.